The predicted molar refractivity (Wildman–Crippen MR) is 114 cm³/mol. The normalized spacial score (nSPS) is 11.6. The molecule has 0 spiro atoms. The molecule has 30 heavy (non-hydrogen) atoms. The molecule has 2 aromatic heterocycles. The molecule has 0 atom stereocenters. The van der Waals surface area contributed by atoms with Gasteiger partial charge in [-0.05, 0) is 48.9 Å². The van der Waals surface area contributed by atoms with E-state index >= 15 is 0 Å². The van der Waals surface area contributed by atoms with Gasteiger partial charge in [-0.15, -0.1) is 0 Å². The maximum atomic E-state index is 12.9. The zero-order valence-corrected chi connectivity index (χ0v) is 17.2. The van der Waals surface area contributed by atoms with Gasteiger partial charge in [-0.1, -0.05) is 29.8 Å². The highest BCUT2D eigenvalue weighted by Crippen LogP contribution is 2.26. The molecule has 0 aliphatic rings. The number of carbonyl (C=O) groups is 1. The molecule has 0 bridgehead atoms. The quantitative estimate of drug-likeness (QED) is 0.482. The molecule has 4 rings (SSSR count). The fraction of sp³-hybridized carbons (Fsp3) is 0.130. The summed E-state index contributed by atoms with van der Waals surface area (Å²) >= 11 is 6.23. The number of para-hydroxylation sites is 1. The van der Waals surface area contributed by atoms with Crippen molar-refractivity contribution in [2.24, 2.45) is 4.99 Å². The Morgan fingerprint density at radius 2 is 2.03 bits per heavy atom. The molecular weight excluding hydrogens is 404 g/mol. The Balaban J connectivity index is 1.84. The van der Waals surface area contributed by atoms with E-state index in [2.05, 4.69) is 10.3 Å². The molecule has 0 radical (unpaired) electrons. The average molecular weight is 423 g/mol. The number of nitrogens with zero attached hydrogens (tertiary/aromatic N) is 1. The number of hydrogen-bond acceptors (Lipinski definition) is 5. The molecule has 2 heterocycles. The van der Waals surface area contributed by atoms with Crippen molar-refractivity contribution in [2.45, 2.75) is 13.5 Å². The Bertz CT molecular complexity index is 1280. The van der Waals surface area contributed by atoms with Crippen molar-refractivity contribution in [3.8, 4) is 5.75 Å². The topological polar surface area (TPSA) is 77.0 Å². The number of hydrogen-bond donors (Lipinski definition) is 1. The summed E-state index contributed by atoms with van der Waals surface area (Å²) in [5.41, 5.74) is 2.45. The summed E-state index contributed by atoms with van der Waals surface area (Å²) in [7, 11) is 1.56. The third kappa shape index (κ3) is 4.09. The number of fused-ring (bicyclic) bond motifs is 1. The number of benzene rings is 2. The van der Waals surface area contributed by atoms with E-state index in [4.69, 9.17) is 25.2 Å². The van der Waals surface area contributed by atoms with Crippen molar-refractivity contribution in [3.05, 3.63) is 88.3 Å². The first kappa shape index (κ1) is 19.8. The number of nitrogens with one attached hydrogen (secondary N) is 1. The second-order valence-corrected chi connectivity index (χ2v) is 7.06. The lowest BCUT2D eigenvalue weighted by Crippen LogP contribution is -2.28. The van der Waals surface area contributed by atoms with Crippen molar-refractivity contribution in [2.75, 3.05) is 7.11 Å². The number of aryl methyl sites for hydroxylation is 1. The minimum absolute atomic E-state index is 0.156. The number of methoxy groups -OCH3 is 1. The number of furan rings is 1. The largest absolute Gasteiger partial charge is 0.493 e. The van der Waals surface area contributed by atoms with Gasteiger partial charge < -0.3 is 18.9 Å². The smallest absolute Gasteiger partial charge is 0.257 e. The van der Waals surface area contributed by atoms with Crippen LogP contribution < -0.4 is 15.6 Å². The van der Waals surface area contributed by atoms with Crippen LogP contribution in [-0.4, -0.2) is 13.0 Å². The first-order chi connectivity index (χ1) is 14.5. The lowest BCUT2D eigenvalue weighted by atomic mass is 10.1. The predicted octanol–water partition coefficient (Wildman–Crippen LogP) is 5.16. The third-order valence-electron chi connectivity index (χ3n) is 4.59. The van der Waals surface area contributed by atoms with E-state index < -0.39 is 0 Å². The number of amides is 1. The lowest BCUT2D eigenvalue weighted by Gasteiger charge is -2.08. The van der Waals surface area contributed by atoms with Crippen molar-refractivity contribution in [1.29, 1.82) is 0 Å². The van der Waals surface area contributed by atoms with Crippen LogP contribution >= 0.6 is 11.6 Å². The summed E-state index contributed by atoms with van der Waals surface area (Å²) in [4.78, 5) is 17.5. The van der Waals surface area contributed by atoms with Gasteiger partial charge in [-0.3, -0.25) is 4.79 Å². The fourth-order valence-electron chi connectivity index (χ4n) is 2.98. The van der Waals surface area contributed by atoms with Crippen LogP contribution in [0.25, 0.3) is 11.0 Å². The van der Waals surface area contributed by atoms with E-state index in [9.17, 15) is 4.79 Å². The van der Waals surface area contributed by atoms with Crippen LogP contribution in [0.2, 0.25) is 5.02 Å². The third-order valence-corrected chi connectivity index (χ3v) is 5.00. The molecule has 1 amide bonds. The lowest BCUT2D eigenvalue weighted by molar-refractivity contribution is 0.0944. The molecule has 1 N–H and O–H groups in total. The van der Waals surface area contributed by atoms with Gasteiger partial charge in [-0.2, -0.15) is 0 Å². The number of ether oxygens (including phenoxy) is 1. The minimum atomic E-state index is -0.336. The van der Waals surface area contributed by atoms with Crippen molar-refractivity contribution in [1.82, 2.24) is 5.32 Å². The summed E-state index contributed by atoms with van der Waals surface area (Å²) in [6, 6.07) is 16.1. The van der Waals surface area contributed by atoms with Gasteiger partial charge in [0.2, 0.25) is 5.55 Å². The average Bonchev–Trinajstić information content (AvgIpc) is 3.27. The maximum Gasteiger partial charge on any atom is 0.257 e. The standard InChI is InChI=1S/C23H19ClN2O4/c1-14-8-9-16(12-19(14)24)26-23-18(22(27)25-13-17-6-4-10-29-17)11-15-5-3-7-20(28-2)21(15)30-23/h3-12H,13H2,1-2H3,(H,25,27). The zero-order chi connectivity index (χ0) is 21.1. The molecule has 4 aromatic rings. The van der Waals surface area contributed by atoms with E-state index in [1.807, 2.05) is 31.2 Å². The molecule has 6 nitrogen and oxygen atoms in total. The Labute approximate surface area is 177 Å². The van der Waals surface area contributed by atoms with E-state index in [1.54, 1.807) is 43.7 Å². The van der Waals surface area contributed by atoms with E-state index in [0.29, 0.717) is 33.4 Å². The van der Waals surface area contributed by atoms with Gasteiger partial charge in [0, 0.05) is 10.4 Å². The molecule has 7 heteroatoms. The summed E-state index contributed by atoms with van der Waals surface area (Å²) in [5, 5.41) is 4.13. The van der Waals surface area contributed by atoms with Crippen molar-refractivity contribution < 1.29 is 18.4 Å². The molecule has 0 fully saturated rings. The highest BCUT2D eigenvalue weighted by molar-refractivity contribution is 6.31. The van der Waals surface area contributed by atoms with Gasteiger partial charge in [0.25, 0.3) is 5.91 Å². The van der Waals surface area contributed by atoms with E-state index in [0.717, 1.165) is 10.9 Å². The zero-order valence-electron chi connectivity index (χ0n) is 16.4. The van der Waals surface area contributed by atoms with Crippen LogP contribution in [0, 0.1) is 6.92 Å². The van der Waals surface area contributed by atoms with E-state index in [1.165, 1.54) is 0 Å². The van der Waals surface area contributed by atoms with Gasteiger partial charge in [0.1, 0.15) is 11.3 Å². The van der Waals surface area contributed by atoms with Crippen LogP contribution in [0.3, 0.4) is 0 Å². The molecule has 0 aliphatic heterocycles. The SMILES string of the molecule is COc1cccc2cc(C(=O)NCc3ccco3)c(=Nc3ccc(C)c(Cl)c3)oc12. The van der Waals surface area contributed by atoms with Crippen molar-refractivity contribution >= 4 is 34.2 Å². The van der Waals surface area contributed by atoms with Crippen molar-refractivity contribution in [3.63, 3.8) is 0 Å². The summed E-state index contributed by atoms with van der Waals surface area (Å²) < 4.78 is 16.7. The number of halogens is 1. The highest BCUT2D eigenvalue weighted by Gasteiger charge is 2.15. The van der Waals surface area contributed by atoms with Crippen LogP contribution in [0.4, 0.5) is 5.69 Å². The summed E-state index contributed by atoms with van der Waals surface area (Å²) in [6.07, 6.45) is 1.56. The number of carbonyl (C=O) groups excluding carboxylic acids is 1. The molecule has 0 saturated heterocycles. The second-order valence-electron chi connectivity index (χ2n) is 6.65. The van der Waals surface area contributed by atoms with E-state index in [-0.39, 0.29) is 18.0 Å². The molecule has 2 aromatic carbocycles. The van der Waals surface area contributed by atoms with Crippen LogP contribution in [0.5, 0.6) is 5.75 Å². The highest BCUT2D eigenvalue weighted by atomic mass is 35.5. The van der Waals surface area contributed by atoms with Crippen LogP contribution in [0.1, 0.15) is 21.7 Å². The first-order valence-corrected chi connectivity index (χ1v) is 9.65. The molecule has 152 valence electrons. The fourth-order valence-corrected chi connectivity index (χ4v) is 3.15. The summed E-state index contributed by atoms with van der Waals surface area (Å²) in [5.74, 6) is 0.858. The Kier molecular flexibility index (Phi) is 5.59. The maximum absolute atomic E-state index is 12.9. The van der Waals surface area contributed by atoms with Gasteiger partial charge in [-0.25, -0.2) is 4.99 Å². The molecular formula is C23H19ClN2O4. The van der Waals surface area contributed by atoms with Gasteiger partial charge in [0.15, 0.2) is 11.3 Å². The molecule has 0 unspecified atom stereocenters. The van der Waals surface area contributed by atoms with Gasteiger partial charge >= 0.3 is 0 Å². The molecule has 0 aliphatic carbocycles. The molecule has 0 saturated carbocycles. The monoisotopic (exact) mass is 422 g/mol. The van der Waals surface area contributed by atoms with Crippen LogP contribution in [0.15, 0.2) is 74.7 Å². The minimum Gasteiger partial charge on any atom is -0.493 e. The Hall–Kier alpha value is -3.51. The van der Waals surface area contributed by atoms with Crippen LogP contribution in [-0.2, 0) is 6.54 Å². The van der Waals surface area contributed by atoms with Gasteiger partial charge in [0.05, 0.1) is 25.6 Å². The Morgan fingerprint density at radius 1 is 1.17 bits per heavy atom. The second kappa shape index (κ2) is 8.47. The first-order valence-electron chi connectivity index (χ1n) is 9.27. The Morgan fingerprint density at radius 3 is 2.77 bits per heavy atom. The summed E-state index contributed by atoms with van der Waals surface area (Å²) in [6.45, 7) is 2.16. The number of rotatable bonds is 5.